The van der Waals surface area contributed by atoms with Crippen LogP contribution < -0.4 is 5.32 Å². The van der Waals surface area contributed by atoms with Gasteiger partial charge in [-0.05, 0) is 82.0 Å². The van der Waals surface area contributed by atoms with E-state index in [0.29, 0.717) is 37.3 Å². The Hall–Kier alpha value is -3.29. The number of carbonyl (C=O) groups is 1. The molecule has 4 rings (SSSR count). The van der Waals surface area contributed by atoms with Gasteiger partial charge in [-0.2, -0.15) is 13.0 Å². The van der Waals surface area contributed by atoms with Crippen LogP contribution in [0.4, 0.5) is 11.4 Å². The van der Waals surface area contributed by atoms with Crippen LogP contribution in [0, 0.1) is 0 Å². The molecule has 2 aliphatic heterocycles. The Balaban J connectivity index is 1.60. The summed E-state index contributed by atoms with van der Waals surface area (Å²) in [5.74, 6) is -1.25. The van der Waals surface area contributed by atoms with E-state index in [-0.39, 0.29) is 17.7 Å². The molecule has 0 amide bonds. The normalized spacial score (nSPS) is 19.9. The lowest BCUT2D eigenvalue weighted by molar-refractivity contribution is -0.438. The molecule has 2 aromatic rings. The molecule has 0 saturated carbocycles. The van der Waals surface area contributed by atoms with Gasteiger partial charge in [0.1, 0.15) is 6.54 Å². The monoisotopic (exact) mass is 704 g/mol. The Morgan fingerprint density at radius 3 is 2.38 bits per heavy atom. The second kappa shape index (κ2) is 14.4. The minimum Gasteiger partial charge on any atom is -0.748 e. The summed E-state index contributed by atoms with van der Waals surface area (Å²) in [6, 6.07) is 10.2. The first-order valence-corrected chi connectivity index (χ1v) is 18.9. The number of nitrogens with zero attached hydrogens (tertiary/aromatic N) is 1. The molecule has 10 nitrogen and oxygen atoms in total. The molecule has 254 valence electrons. The first-order valence-electron chi connectivity index (χ1n) is 15.5. The summed E-state index contributed by atoms with van der Waals surface area (Å²) in [7, 11) is -8.69. The standard InChI is InChI=1S/C34H41ClN2O8S2/c1-33(2)27-22-24(35)15-18-29(27)37(20-10-11-21-46(40,41)42)31(33)13-7-4-6-12-30-34(3,19-9-5-8-14-32(38)39)26-23-25(47(43,44)45)16-17-28(26)36-30/h4,6-7,12-13,15-18,22-23H,5,8-11,14,19-21H2,1-3H3,(H3,38,39,40,41,42,43,44,45). The second-order valence-electron chi connectivity index (χ2n) is 12.7. The zero-order valence-corrected chi connectivity index (χ0v) is 29.1. The van der Waals surface area contributed by atoms with Gasteiger partial charge < -0.3 is 15.0 Å². The maximum atomic E-state index is 11.9. The lowest BCUT2D eigenvalue weighted by Gasteiger charge is -2.26. The topological polar surface area (TPSA) is 164 Å². The molecule has 2 heterocycles. The van der Waals surface area contributed by atoms with Crippen molar-refractivity contribution in [2.24, 2.45) is 0 Å². The Morgan fingerprint density at radius 2 is 1.70 bits per heavy atom. The highest BCUT2D eigenvalue weighted by Gasteiger charge is 2.44. The zero-order chi connectivity index (χ0) is 34.6. The van der Waals surface area contributed by atoms with Gasteiger partial charge in [-0.3, -0.25) is 9.35 Å². The van der Waals surface area contributed by atoms with Crippen molar-refractivity contribution in [3.63, 3.8) is 0 Å². The van der Waals surface area contributed by atoms with Gasteiger partial charge >= 0.3 is 5.97 Å². The predicted octanol–water partition coefficient (Wildman–Crippen LogP) is 6.70. The summed E-state index contributed by atoms with van der Waals surface area (Å²) in [5.41, 5.74) is 4.33. The van der Waals surface area contributed by atoms with Crippen molar-refractivity contribution in [2.75, 3.05) is 17.6 Å². The van der Waals surface area contributed by atoms with E-state index in [0.717, 1.165) is 40.3 Å². The van der Waals surface area contributed by atoms with Gasteiger partial charge in [-0.25, -0.2) is 8.42 Å². The third-order valence-electron chi connectivity index (χ3n) is 8.93. The Labute approximate surface area is 282 Å². The average Bonchev–Trinajstić information content (AvgIpc) is 3.36. The Kier molecular flexibility index (Phi) is 11.2. The molecule has 0 aliphatic carbocycles. The van der Waals surface area contributed by atoms with Crippen LogP contribution in [0.15, 0.2) is 77.4 Å². The molecule has 0 saturated heterocycles. The van der Waals surface area contributed by atoms with E-state index in [1.54, 1.807) is 6.07 Å². The minimum absolute atomic E-state index is 0.0869. The van der Waals surface area contributed by atoms with Crippen LogP contribution in [0.5, 0.6) is 0 Å². The number of hydrogen-bond donors (Lipinski definition) is 3. The third-order valence-corrected chi connectivity index (χ3v) is 10.8. The minimum atomic E-state index is -4.40. The molecule has 0 bridgehead atoms. The second-order valence-corrected chi connectivity index (χ2v) is 16.1. The fourth-order valence-electron chi connectivity index (χ4n) is 6.40. The molecule has 2 aliphatic rings. The van der Waals surface area contributed by atoms with Crippen LogP contribution in [0.25, 0.3) is 0 Å². The van der Waals surface area contributed by atoms with Gasteiger partial charge in [0.05, 0.1) is 20.4 Å². The number of aliphatic carboxylic acids is 1. The van der Waals surface area contributed by atoms with Crippen LogP contribution in [0.1, 0.15) is 76.8 Å². The predicted molar refractivity (Wildman–Crippen MR) is 182 cm³/mol. The number of rotatable bonds is 15. The Bertz CT molecular complexity index is 1880. The quantitative estimate of drug-likeness (QED) is 0.0792. The summed E-state index contributed by atoms with van der Waals surface area (Å²) >= 11 is 6.34. The SMILES string of the molecule is CC1(C)C(/C=C/C=C/C=C2/Nc3ccc(S(=O)(=O)O)cc3C2(C)CCCCCC(=O)O)=[N+](CCCCS(=O)(=O)[O-])c2ccc(Cl)cc21. The summed E-state index contributed by atoms with van der Waals surface area (Å²) in [6.07, 6.45) is 13.1. The number of unbranched alkanes of at least 4 members (excludes halogenated alkanes) is 3. The lowest BCUT2D eigenvalue weighted by Crippen LogP contribution is -2.28. The van der Waals surface area contributed by atoms with Gasteiger partial charge in [-0.15, -0.1) is 0 Å². The lowest BCUT2D eigenvalue weighted by atomic mass is 9.77. The highest BCUT2D eigenvalue weighted by molar-refractivity contribution is 7.86. The highest BCUT2D eigenvalue weighted by Crippen LogP contribution is 2.47. The maximum absolute atomic E-state index is 11.9. The number of hydrogen-bond acceptors (Lipinski definition) is 7. The van der Waals surface area contributed by atoms with Gasteiger partial charge in [0.15, 0.2) is 5.71 Å². The molecular formula is C34H41ClN2O8S2. The third kappa shape index (κ3) is 8.80. The Morgan fingerprint density at radius 1 is 0.957 bits per heavy atom. The van der Waals surface area contributed by atoms with Crippen LogP contribution in [0.2, 0.25) is 5.02 Å². The number of allylic oxidation sites excluding steroid dienone is 6. The smallest absolute Gasteiger partial charge is 0.303 e. The summed E-state index contributed by atoms with van der Waals surface area (Å²) in [4.78, 5) is 10.8. The van der Waals surface area contributed by atoms with Crippen LogP contribution >= 0.6 is 11.6 Å². The summed E-state index contributed by atoms with van der Waals surface area (Å²) in [5, 5.41) is 13.0. The van der Waals surface area contributed by atoms with E-state index < -0.39 is 42.8 Å². The number of anilines is 1. The number of carboxylic acid groups (broad SMARTS) is 1. The highest BCUT2D eigenvalue weighted by atomic mass is 35.5. The van der Waals surface area contributed by atoms with E-state index in [2.05, 4.69) is 23.7 Å². The zero-order valence-electron chi connectivity index (χ0n) is 26.7. The van der Waals surface area contributed by atoms with Crippen molar-refractivity contribution in [1.82, 2.24) is 0 Å². The molecule has 0 spiro atoms. The molecule has 1 atom stereocenters. The van der Waals surface area contributed by atoms with Gasteiger partial charge in [-0.1, -0.05) is 42.7 Å². The van der Waals surface area contributed by atoms with Gasteiger partial charge in [0, 0.05) is 58.1 Å². The largest absolute Gasteiger partial charge is 0.748 e. The molecular weight excluding hydrogens is 664 g/mol. The van der Waals surface area contributed by atoms with E-state index in [1.165, 1.54) is 12.1 Å². The number of carboxylic acids is 1. The molecule has 47 heavy (non-hydrogen) atoms. The van der Waals surface area contributed by atoms with Crippen molar-refractivity contribution in [1.29, 1.82) is 0 Å². The van der Waals surface area contributed by atoms with Crippen LogP contribution in [-0.2, 0) is 35.9 Å². The number of benzene rings is 2. The van der Waals surface area contributed by atoms with E-state index in [1.807, 2.05) is 55.5 Å². The summed E-state index contributed by atoms with van der Waals surface area (Å²) in [6.45, 7) is 6.72. The van der Waals surface area contributed by atoms with Crippen molar-refractivity contribution in [3.8, 4) is 0 Å². The first kappa shape index (κ1) is 36.5. The van der Waals surface area contributed by atoms with Crippen molar-refractivity contribution < 1.29 is 40.4 Å². The van der Waals surface area contributed by atoms with Crippen LogP contribution in [-0.4, -0.2) is 59.6 Å². The van der Waals surface area contributed by atoms with E-state index in [4.69, 9.17) is 16.7 Å². The summed E-state index contributed by atoms with van der Waals surface area (Å²) < 4.78 is 69.0. The van der Waals surface area contributed by atoms with Crippen molar-refractivity contribution in [3.05, 3.63) is 88.6 Å². The average molecular weight is 705 g/mol. The number of halogens is 1. The molecule has 13 heteroatoms. The fourth-order valence-corrected chi connectivity index (χ4v) is 7.64. The van der Waals surface area contributed by atoms with E-state index in [9.17, 15) is 30.7 Å². The van der Waals surface area contributed by atoms with Crippen molar-refractivity contribution in [2.45, 2.75) is 81.4 Å². The molecule has 1 unspecified atom stereocenters. The first-order chi connectivity index (χ1) is 21.9. The molecule has 0 aromatic heterocycles. The van der Waals surface area contributed by atoms with Gasteiger partial charge in [0.2, 0.25) is 5.69 Å². The van der Waals surface area contributed by atoms with E-state index >= 15 is 0 Å². The van der Waals surface area contributed by atoms with Gasteiger partial charge in [0.25, 0.3) is 10.1 Å². The maximum Gasteiger partial charge on any atom is 0.303 e. The molecule has 2 aromatic carbocycles. The molecule has 0 fully saturated rings. The molecule has 0 radical (unpaired) electrons. The molecule has 3 N–H and O–H groups in total. The fraction of sp³-hybridized carbons (Fsp3) is 0.412. The number of nitrogens with one attached hydrogen (secondary N) is 1. The van der Waals surface area contributed by atoms with Crippen molar-refractivity contribution >= 4 is 54.9 Å². The van der Waals surface area contributed by atoms with Crippen LogP contribution in [0.3, 0.4) is 0 Å². The number of fused-ring (bicyclic) bond motifs is 2.